The quantitative estimate of drug-likeness (QED) is 0.0987. The van der Waals surface area contributed by atoms with Crippen LogP contribution in [0.3, 0.4) is 0 Å². The van der Waals surface area contributed by atoms with E-state index in [1.165, 1.54) is 126 Å². The first-order valence-electron chi connectivity index (χ1n) is 15.0. The molecule has 0 amide bonds. The van der Waals surface area contributed by atoms with Gasteiger partial charge in [-0.2, -0.15) is 0 Å². The van der Waals surface area contributed by atoms with Crippen LogP contribution in [-0.2, 0) is 23.0 Å². The van der Waals surface area contributed by atoms with E-state index < -0.39 is 10.1 Å². The fourth-order valence-electron chi connectivity index (χ4n) is 5.25. The zero-order valence-electron chi connectivity index (χ0n) is 24.2. The van der Waals surface area contributed by atoms with Crippen molar-refractivity contribution < 1.29 is 42.5 Å². The van der Waals surface area contributed by atoms with Crippen LogP contribution in [0.4, 0.5) is 0 Å². The van der Waals surface area contributed by atoms with Gasteiger partial charge in [-0.3, -0.25) is 0 Å². The summed E-state index contributed by atoms with van der Waals surface area (Å²) in [7, 11) is -4.44. The van der Waals surface area contributed by atoms with Crippen molar-refractivity contribution in [3.63, 3.8) is 0 Å². The molecule has 2 aromatic carbocycles. The van der Waals surface area contributed by atoms with E-state index in [0.29, 0.717) is 0 Å². The number of rotatable bonds is 21. The summed E-state index contributed by atoms with van der Waals surface area (Å²) in [6, 6.07) is 9.36. The van der Waals surface area contributed by atoms with Crippen molar-refractivity contribution >= 4 is 20.9 Å². The number of hydrogen-bond acceptors (Lipinski definition) is 3. The largest absolute Gasteiger partial charge is 1.00 e. The maximum Gasteiger partial charge on any atom is 1.00 e. The number of unbranched alkanes of at least 4 members (excludes halogenated alkanes) is 16. The second kappa shape index (κ2) is 20.5. The zero-order chi connectivity index (χ0) is 26.1. The van der Waals surface area contributed by atoms with Gasteiger partial charge >= 0.3 is 29.6 Å². The van der Waals surface area contributed by atoms with Gasteiger partial charge in [-0.25, -0.2) is 8.42 Å². The van der Waals surface area contributed by atoms with E-state index in [9.17, 15) is 13.0 Å². The minimum Gasteiger partial charge on any atom is -0.744 e. The van der Waals surface area contributed by atoms with Gasteiger partial charge in [0.15, 0.2) is 0 Å². The topological polar surface area (TPSA) is 57.2 Å². The SMILES string of the molecule is CCCCCCCCCCCc1cc(CCCCCCCCCCC)c2cc(S(=O)(=O)[O-])ccc2c1.[Na+]. The first-order valence-corrected chi connectivity index (χ1v) is 16.4. The molecule has 0 atom stereocenters. The van der Waals surface area contributed by atoms with Gasteiger partial charge in [0.2, 0.25) is 0 Å². The van der Waals surface area contributed by atoms with E-state index in [1.807, 2.05) is 6.07 Å². The number of fused-ring (bicyclic) bond motifs is 1. The van der Waals surface area contributed by atoms with Crippen molar-refractivity contribution in [2.24, 2.45) is 0 Å². The Bertz CT molecular complexity index is 971. The van der Waals surface area contributed by atoms with Crippen molar-refractivity contribution in [1.82, 2.24) is 0 Å². The number of hydrogen-bond donors (Lipinski definition) is 0. The first kappa shape index (κ1) is 34.6. The molecular weight excluding hydrogens is 487 g/mol. The molecule has 0 fully saturated rings. The van der Waals surface area contributed by atoms with Gasteiger partial charge in [0.1, 0.15) is 10.1 Å². The van der Waals surface area contributed by atoms with Crippen LogP contribution >= 0.6 is 0 Å². The van der Waals surface area contributed by atoms with Gasteiger partial charge in [0.05, 0.1) is 4.90 Å². The summed E-state index contributed by atoms with van der Waals surface area (Å²) in [4.78, 5) is -0.116. The van der Waals surface area contributed by atoms with Crippen LogP contribution in [0.1, 0.15) is 141 Å². The molecular formula is C32H51NaO3S. The van der Waals surface area contributed by atoms with Crippen molar-refractivity contribution in [2.45, 2.75) is 147 Å². The molecule has 204 valence electrons. The van der Waals surface area contributed by atoms with Crippen molar-refractivity contribution in [2.75, 3.05) is 0 Å². The average molecular weight is 539 g/mol. The first-order chi connectivity index (χ1) is 17.5. The molecule has 37 heavy (non-hydrogen) atoms. The molecule has 2 rings (SSSR count). The average Bonchev–Trinajstić information content (AvgIpc) is 2.85. The van der Waals surface area contributed by atoms with Crippen LogP contribution in [0.2, 0.25) is 0 Å². The zero-order valence-corrected chi connectivity index (χ0v) is 27.0. The molecule has 2 aromatic rings. The van der Waals surface area contributed by atoms with E-state index in [0.717, 1.165) is 30.0 Å². The smallest absolute Gasteiger partial charge is 0.744 e. The maximum absolute atomic E-state index is 11.6. The molecule has 0 unspecified atom stereocenters. The van der Waals surface area contributed by atoms with Gasteiger partial charge in [-0.05, 0) is 59.7 Å². The third kappa shape index (κ3) is 14.5. The van der Waals surface area contributed by atoms with Crippen molar-refractivity contribution in [1.29, 1.82) is 0 Å². The minimum absolute atomic E-state index is 0. The molecule has 0 N–H and O–H groups in total. The standard InChI is InChI=1S/C32H52O3S.Na/c1-3-5-7-9-11-13-15-17-19-21-28-25-29(22-20-18-16-14-12-10-8-6-4-2)32-27-31(36(33,34)35)24-23-30(32)26-28;/h23-27H,3-22H2,1-2H3,(H,33,34,35);/q;+1/p-1. The Balaban J connectivity index is 0.00000684. The molecule has 0 saturated carbocycles. The normalized spacial score (nSPS) is 11.6. The monoisotopic (exact) mass is 538 g/mol. The second-order valence-electron chi connectivity index (χ2n) is 10.7. The van der Waals surface area contributed by atoms with E-state index in [1.54, 1.807) is 6.07 Å². The molecule has 0 heterocycles. The molecule has 0 aliphatic carbocycles. The molecule has 0 aliphatic heterocycles. The van der Waals surface area contributed by atoms with Crippen molar-refractivity contribution in [3.05, 3.63) is 41.5 Å². The Kier molecular flexibility index (Phi) is 19.2. The van der Waals surface area contributed by atoms with Gasteiger partial charge < -0.3 is 4.55 Å². The Hall–Kier alpha value is -0.390. The number of benzene rings is 2. The molecule has 0 spiro atoms. The summed E-state index contributed by atoms with van der Waals surface area (Å²) in [6.07, 6.45) is 25.5. The predicted molar refractivity (Wildman–Crippen MR) is 154 cm³/mol. The van der Waals surface area contributed by atoms with E-state index in [-0.39, 0.29) is 34.5 Å². The third-order valence-corrected chi connectivity index (χ3v) is 8.31. The third-order valence-electron chi connectivity index (χ3n) is 7.48. The molecule has 0 bridgehead atoms. The summed E-state index contributed by atoms with van der Waals surface area (Å²) in [5, 5.41) is 1.99. The number of aryl methyl sites for hydroxylation is 2. The van der Waals surface area contributed by atoms with E-state index in [2.05, 4.69) is 26.0 Å². The second-order valence-corrected chi connectivity index (χ2v) is 12.1. The van der Waals surface area contributed by atoms with Gasteiger partial charge in [-0.15, -0.1) is 0 Å². The van der Waals surface area contributed by atoms with Crippen LogP contribution < -0.4 is 29.6 Å². The Morgan fingerprint density at radius 3 is 1.54 bits per heavy atom. The van der Waals surface area contributed by atoms with E-state index in [4.69, 9.17) is 0 Å². The van der Waals surface area contributed by atoms with Crippen LogP contribution in [0, 0.1) is 0 Å². The van der Waals surface area contributed by atoms with Crippen LogP contribution in [0.15, 0.2) is 35.2 Å². The molecule has 0 saturated heterocycles. The van der Waals surface area contributed by atoms with Gasteiger partial charge in [0, 0.05) is 0 Å². The van der Waals surface area contributed by atoms with Crippen molar-refractivity contribution in [3.8, 4) is 0 Å². The van der Waals surface area contributed by atoms with Crippen LogP contribution in [0.5, 0.6) is 0 Å². The van der Waals surface area contributed by atoms with Crippen LogP contribution in [-0.4, -0.2) is 13.0 Å². The molecule has 0 radical (unpaired) electrons. The van der Waals surface area contributed by atoms with Gasteiger partial charge in [0.25, 0.3) is 0 Å². The fourth-order valence-corrected chi connectivity index (χ4v) is 5.75. The maximum atomic E-state index is 11.6. The summed E-state index contributed by atoms with van der Waals surface area (Å²) in [6.45, 7) is 4.52. The Morgan fingerprint density at radius 1 is 0.595 bits per heavy atom. The fraction of sp³-hybridized carbons (Fsp3) is 0.688. The molecule has 5 heteroatoms. The Labute approximate surface area is 250 Å². The predicted octanol–water partition coefficient (Wildman–Crippen LogP) is 6.89. The molecule has 3 nitrogen and oxygen atoms in total. The summed E-state index contributed by atoms with van der Waals surface area (Å²) >= 11 is 0. The Morgan fingerprint density at radius 2 is 1.05 bits per heavy atom. The summed E-state index contributed by atoms with van der Waals surface area (Å²) < 4.78 is 34.9. The molecule has 0 aromatic heterocycles. The summed E-state index contributed by atoms with van der Waals surface area (Å²) in [5.41, 5.74) is 2.54. The van der Waals surface area contributed by atoms with E-state index >= 15 is 0 Å². The van der Waals surface area contributed by atoms with Crippen LogP contribution in [0.25, 0.3) is 10.8 Å². The minimum atomic E-state index is -4.44. The summed E-state index contributed by atoms with van der Waals surface area (Å²) in [5.74, 6) is 0. The van der Waals surface area contributed by atoms with Gasteiger partial charge in [-0.1, -0.05) is 135 Å². The molecule has 0 aliphatic rings.